The van der Waals surface area contributed by atoms with E-state index in [9.17, 15) is 13.2 Å². The van der Waals surface area contributed by atoms with Crippen molar-refractivity contribution in [3.05, 3.63) is 48.3 Å². The first-order chi connectivity index (χ1) is 15.3. The molecule has 32 heavy (non-hydrogen) atoms. The Bertz CT molecular complexity index is 1170. The number of hydrogen-bond acceptors (Lipinski definition) is 9. The number of benzene rings is 1. The number of nitrogens with zero attached hydrogens (tertiary/aromatic N) is 4. The number of anilines is 1. The number of aromatic nitrogens is 1. The first kappa shape index (κ1) is 24.1. The first-order valence-corrected chi connectivity index (χ1v) is 10.7. The van der Waals surface area contributed by atoms with Gasteiger partial charge in [-0.2, -0.15) is 15.8 Å². The number of nitriles is 3. The summed E-state index contributed by atoms with van der Waals surface area (Å²) in [6, 6.07) is 11.0. The molecule has 0 saturated heterocycles. The fourth-order valence-electron chi connectivity index (χ4n) is 2.42. The fourth-order valence-corrected chi connectivity index (χ4v) is 3.68. The van der Waals surface area contributed by atoms with Crippen LogP contribution in [-0.2, 0) is 14.8 Å². The molecule has 164 valence electrons. The van der Waals surface area contributed by atoms with Gasteiger partial charge >= 0.3 is 5.60 Å². The monoisotopic (exact) mass is 454 g/mol. The number of ether oxygens (including phenoxy) is 2. The molecule has 11 nitrogen and oxygen atoms in total. The Labute approximate surface area is 184 Å². The highest BCUT2D eigenvalue weighted by atomic mass is 32.2. The van der Waals surface area contributed by atoms with Crippen LogP contribution in [0.3, 0.4) is 0 Å². The van der Waals surface area contributed by atoms with Gasteiger partial charge in [0.05, 0.1) is 18.4 Å². The summed E-state index contributed by atoms with van der Waals surface area (Å²) in [6.07, 6.45) is 2.30. The topological polar surface area (TPSA) is 178 Å². The van der Waals surface area contributed by atoms with Crippen molar-refractivity contribution in [2.24, 2.45) is 0 Å². The van der Waals surface area contributed by atoms with Gasteiger partial charge in [-0.15, -0.1) is 0 Å². The number of carbonyl (C=O) groups excluding carboxylic acids is 1. The predicted molar refractivity (Wildman–Crippen MR) is 111 cm³/mol. The minimum absolute atomic E-state index is 0.108. The minimum Gasteiger partial charge on any atom is -0.446 e. The maximum absolute atomic E-state index is 13.0. The molecule has 0 fully saturated rings. The fraction of sp³-hybridized carbons (Fsp3) is 0.250. The number of amides is 1. The third-order valence-corrected chi connectivity index (χ3v) is 5.34. The van der Waals surface area contributed by atoms with Crippen LogP contribution in [0.2, 0.25) is 0 Å². The van der Waals surface area contributed by atoms with Gasteiger partial charge in [0.1, 0.15) is 28.8 Å². The largest absolute Gasteiger partial charge is 0.446 e. The van der Waals surface area contributed by atoms with Gasteiger partial charge in [-0.25, -0.2) is 8.42 Å². The molecule has 0 atom stereocenters. The Morgan fingerprint density at radius 1 is 1.16 bits per heavy atom. The molecule has 0 bridgehead atoms. The van der Waals surface area contributed by atoms with Gasteiger partial charge in [-0.05, 0) is 19.1 Å². The summed E-state index contributed by atoms with van der Waals surface area (Å²) in [7, 11) is -4.33. The molecule has 2 N–H and O–H groups in total. The van der Waals surface area contributed by atoms with Gasteiger partial charge in [0.25, 0.3) is 15.9 Å². The highest BCUT2D eigenvalue weighted by Crippen LogP contribution is 2.29. The molecule has 0 aliphatic carbocycles. The highest BCUT2D eigenvalue weighted by Gasteiger charge is 2.34. The molecule has 1 amide bonds. The molecule has 0 radical (unpaired) electrons. The molecule has 2 rings (SSSR count). The van der Waals surface area contributed by atoms with E-state index in [1.165, 1.54) is 54.7 Å². The van der Waals surface area contributed by atoms with Crippen molar-refractivity contribution in [3.63, 3.8) is 0 Å². The van der Waals surface area contributed by atoms with Crippen LogP contribution in [-0.4, -0.2) is 44.7 Å². The molecular weight excluding hydrogens is 436 g/mol. The van der Waals surface area contributed by atoms with Crippen LogP contribution in [0.1, 0.15) is 17.3 Å². The number of sulfonamides is 1. The summed E-state index contributed by atoms with van der Waals surface area (Å²) in [5, 5.41) is 29.9. The van der Waals surface area contributed by atoms with Crippen LogP contribution < -0.4 is 14.8 Å². The van der Waals surface area contributed by atoms with Crippen LogP contribution in [0.5, 0.6) is 5.75 Å². The molecule has 0 aliphatic rings. The van der Waals surface area contributed by atoms with Crippen LogP contribution in [0.4, 0.5) is 5.69 Å². The average Bonchev–Trinajstić information content (AvgIpc) is 2.81. The maximum Gasteiger partial charge on any atom is 0.367 e. The lowest BCUT2D eigenvalue weighted by Gasteiger charge is -2.17. The number of hydrogen-bond donors (Lipinski definition) is 2. The van der Waals surface area contributed by atoms with Crippen molar-refractivity contribution in [2.45, 2.75) is 17.4 Å². The van der Waals surface area contributed by atoms with E-state index < -0.39 is 21.5 Å². The summed E-state index contributed by atoms with van der Waals surface area (Å²) in [5.74, 6) is -0.891. The third-order valence-electron chi connectivity index (χ3n) is 3.92. The molecule has 1 aromatic heterocycles. The van der Waals surface area contributed by atoms with Crippen LogP contribution in [0, 0.1) is 34.0 Å². The SMILES string of the molecule is CCOCCNC(=O)c1ccccc1S(=O)(=O)Nc1cnccc1OC(C#N)(C#N)C#N. The lowest BCUT2D eigenvalue weighted by Crippen LogP contribution is -2.31. The second-order valence-electron chi connectivity index (χ2n) is 6.04. The maximum atomic E-state index is 13.0. The smallest absolute Gasteiger partial charge is 0.367 e. The zero-order valence-corrected chi connectivity index (χ0v) is 17.7. The Hall–Kier alpha value is -4.18. The van der Waals surface area contributed by atoms with Crippen molar-refractivity contribution >= 4 is 21.6 Å². The van der Waals surface area contributed by atoms with Gasteiger partial charge < -0.3 is 14.8 Å². The Morgan fingerprint density at radius 2 is 1.84 bits per heavy atom. The van der Waals surface area contributed by atoms with Crippen LogP contribution in [0.25, 0.3) is 0 Å². The third kappa shape index (κ3) is 5.70. The van der Waals surface area contributed by atoms with Gasteiger partial charge in [0.15, 0.2) is 5.75 Å². The molecule has 0 aliphatic heterocycles. The molecule has 0 spiro atoms. The molecule has 1 aromatic carbocycles. The second kappa shape index (κ2) is 10.7. The quantitative estimate of drug-likeness (QED) is 0.501. The predicted octanol–water partition coefficient (Wildman–Crippen LogP) is 1.34. The molecule has 12 heteroatoms. The van der Waals surface area contributed by atoms with E-state index in [0.717, 1.165) is 6.20 Å². The Kier molecular flexibility index (Phi) is 8.08. The van der Waals surface area contributed by atoms with E-state index >= 15 is 0 Å². The van der Waals surface area contributed by atoms with E-state index in [0.29, 0.717) is 6.61 Å². The first-order valence-electron chi connectivity index (χ1n) is 9.17. The van der Waals surface area contributed by atoms with E-state index in [4.69, 9.17) is 25.3 Å². The van der Waals surface area contributed by atoms with Crippen molar-refractivity contribution < 1.29 is 22.7 Å². The summed E-state index contributed by atoms with van der Waals surface area (Å²) in [6.45, 7) is 2.74. The van der Waals surface area contributed by atoms with Gasteiger partial charge in [-0.3, -0.25) is 14.5 Å². The van der Waals surface area contributed by atoms with Crippen molar-refractivity contribution in [1.29, 1.82) is 15.8 Å². The van der Waals surface area contributed by atoms with Crippen molar-refractivity contribution in [3.8, 4) is 24.0 Å². The van der Waals surface area contributed by atoms with Gasteiger partial charge in [0.2, 0.25) is 0 Å². The minimum atomic E-state index is -4.33. The summed E-state index contributed by atoms with van der Waals surface area (Å²) in [5.41, 5.74) is -2.83. The molecule has 1 heterocycles. The zero-order chi connectivity index (χ0) is 23.6. The number of rotatable bonds is 10. The standard InChI is InChI=1S/C20H18N6O5S/c1-2-30-10-9-25-19(27)15-5-3-4-6-18(15)32(28,29)26-16-11-24-8-7-17(16)31-20(12-21,13-22)14-23/h3-8,11,26H,2,9-10H2,1H3,(H,25,27). The second-order valence-corrected chi connectivity index (χ2v) is 7.70. The van der Waals surface area contributed by atoms with E-state index in [1.54, 1.807) is 6.92 Å². The van der Waals surface area contributed by atoms with E-state index in [1.807, 2.05) is 0 Å². The lowest BCUT2D eigenvalue weighted by atomic mass is 10.1. The normalized spacial score (nSPS) is 10.8. The zero-order valence-electron chi connectivity index (χ0n) is 16.9. The number of nitrogens with one attached hydrogen (secondary N) is 2. The number of carbonyl (C=O) groups is 1. The van der Waals surface area contributed by atoms with E-state index in [-0.39, 0.29) is 35.0 Å². The van der Waals surface area contributed by atoms with Crippen LogP contribution in [0.15, 0.2) is 47.6 Å². The van der Waals surface area contributed by atoms with Crippen molar-refractivity contribution in [2.75, 3.05) is 24.5 Å². The number of pyridine rings is 1. The highest BCUT2D eigenvalue weighted by molar-refractivity contribution is 7.92. The van der Waals surface area contributed by atoms with Gasteiger partial charge in [-0.1, -0.05) is 12.1 Å². The van der Waals surface area contributed by atoms with Crippen LogP contribution >= 0.6 is 0 Å². The Morgan fingerprint density at radius 3 is 2.50 bits per heavy atom. The summed E-state index contributed by atoms with van der Waals surface area (Å²) < 4.78 is 38.6. The average molecular weight is 454 g/mol. The molecule has 2 aromatic rings. The molecule has 0 unspecified atom stereocenters. The lowest BCUT2D eigenvalue weighted by molar-refractivity contribution is 0.0919. The van der Waals surface area contributed by atoms with E-state index in [2.05, 4.69) is 15.0 Å². The van der Waals surface area contributed by atoms with Crippen molar-refractivity contribution in [1.82, 2.24) is 10.3 Å². The Balaban J connectivity index is 2.35. The molecular formula is C20H18N6O5S. The summed E-state index contributed by atoms with van der Waals surface area (Å²) in [4.78, 5) is 16.0. The summed E-state index contributed by atoms with van der Waals surface area (Å²) >= 11 is 0. The molecule has 0 saturated carbocycles. The van der Waals surface area contributed by atoms with Gasteiger partial charge in [0, 0.05) is 25.4 Å².